The summed E-state index contributed by atoms with van der Waals surface area (Å²) in [4.78, 5) is 26.4. The Morgan fingerprint density at radius 1 is 1.00 bits per heavy atom. The van der Waals surface area contributed by atoms with Crippen molar-refractivity contribution >= 4 is 17.7 Å². The van der Waals surface area contributed by atoms with Crippen LogP contribution in [0.3, 0.4) is 0 Å². The molecule has 3 rings (SSSR count). The van der Waals surface area contributed by atoms with Crippen LogP contribution >= 0.6 is 0 Å². The van der Waals surface area contributed by atoms with Crippen molar-refractivity contribution in [3.05, 3.63) is 54.6 Å². The third kappa shape index (κ3) is 5.23. The lowest BCUT2D eigenvalue weighted by molar-refractivity contribution is -0.140. The molecule has 0 spiro atoms. The number of hydrogen-bond donors (Lipinski definition) is 1. The van der Waals surface area contributed by atoms with Crippen LogP contribution in [0.2, 0.25) is 0 Å². The predicted octanol–water partition coefficient (Wildman–Crippen LogP) is 3.93. The molecule has 0 aliphatic carbocycles. The average Bonchev–Trinajstić information content (AvgIpc) is 2.70. The minimum atomic E-state index is -0.248. The van der Waals surface area contributed by atoms with Gasteiger partial charge in [-0.2, -0.15) is 0 Å². The highest BCUT2D eigenvalue weighted by molar-refractivity contribution is 5.89. The zero-order chi connectivity index (χ0) is 19.1. The zero-order valence-electron chi connectivity index (χ0n) is 15.4. The number of carbonyl (C=O) groups excluding carboxylic acids is 2. The van der Waals surface area contributed by atoms with E-state index in [1.807, 2.05) is 37.3 Å². The molecule has 1 N–H and O–H groups in total. The first-order valence-electron chi connectivity index (χ1n) is 9.21. The van der Waals surface area contributed by atoms with Crippen molar-refractivity contribution in [3.63, 3.8) is 0 Å². The van der Waals surface area contributed by atoms with Crippen molar-refractivity contribution in [3.8, 4) is 11.5 Å². The summed E-state index contributed by atoms with van der Waals surface area (Å²) in [6, 6.07) is 16.2. The molecule has 1 heterocycles. The second-order valence-electron chi connectivity index (χ2n) is 6.38. The Kier molecular flexibility index (Phi) is 6.30. The van der Waals surface area contributed by atoms with Crippen molar-refractivity contribution in [2.45, 2.75) is 19.8 Å². The first-order valence-corrected chi connectivity index (χ1v) is 9.21. The lowest BCUT2D eigenvalue weighted by atomic mass is 9.97. The van der Waals surface area contributed by atoms with Crippen LogP contribution in [0.1, 0.15) is 19.8 Å². The third-order valence-corrected chi connectivity index (χ3v) is 4.49. The Bertz CT molecular complexity index is 754. The molecule has 27 heavy (non-hydrogen) atoms. The number of rotatable bonds is 5. The second-order valence-corrected chi connectivity index (χ2v) is 6.38. The molecule has 1 aliphatic heterocycles. The Morgan fingerprint density at radius 3 is 2.26 bits per heavy atom. The van der Waals surface area contributed by atoms with E-state index in [9.17, 15) is 9.59 Å². The molecule has 6 heteroatoms. The highest BCUT2D eigenvalue weighted by Crippen LogP contribution is 2.23. The van der Waals surface area contributed by atoms with E-state index in [2.05, 4.69) is 5.32 Å². The van der Waals surface area contributed by atoms with Crippen LogP contribution in [0, 0.1) is 5.92 Å². The van der Waals surface area contributed by atoms with Gasteiger partial charge in [-0.25, -0.2) is 4.79 Å². The fraction of sp³-hybridized carbons (Fsp3) is 0.333. The van der Waals surface area contributed by atoms with Gasteiger partial charge in [0.1, 0.15) is 11.5 Å². The van der Waals surface area contributed by atoms with Crippen molar-refractivity contribution in [2.75, 3.05) is 25.0 Å². The topological polar surface area (TPSA) is 67.9 Å². The molecule has 2 aromatic rings. The monoisotopic (exact) mass is 368 g/mol. The van der Waals surface area contributed by atoms with Gasteiger partial charge in [0.15, 0.2) is 0 Å². The van der Waals surface area contributed by atoms with Gasteiger partial charge in [-0.3, -0.25) is 4.79 Å². The fourth-order valence-electron chi connectivity index (χ4n) is 3.01. The largest absolute Gasteiger partial charge is 0.494 e. The summed E-state index contributed by atoms with van der Waals surface area (Å²) in [6.45, 7) is 3.57. The number of benzene rings is 2. The number of urea groups is 1. The van der Waals surface area contributed by atoms with E-state index in [1.165, 1.54) is 0 Å². The van der Waals surface area contributed by atoms with E-state index < -0.39 is 0 Å². The minimum absolute atomic E-state index is 0.139. The van der Waals surface area contributed by atoms with Gasteiger partial charge in [0.2, 0.25) is 0 Å². The highest BCUT2D eigenvalue weighted by Gasteiger charge is 2.28. The Balaban J connectivity index is 1.46. The third-order valence-electron chi connectivity index (χ3n) is 4.49. The van der Waals surface area contributed by atoms with Crippen LogP contribution in [0.5, 0.6) is 11.5 Å². The Hall–Kier alpha value is -3.02. The number of nitrogens with one attached hydrogen (secondary N) is 1. The molecule has 1 saturated heterocycles. The normalized spacial score (nSPS) is 14.5. The Labute approximate surface area is 159 Å². The van der Waals surface area contributed by atoms with Crippen LogP contribution in [0.4, 0.5) is 10.5 Å². The summed E-state index contributed by atoms with van der Waals surface area (Å²) in [5.74, 6) is 0.808. The molecule has 0 aromatic heterocycles. The summed E-state index contributed by atoms with van der Waals surface area (Å²) in [5.41, 5.74) is 0.763. The lowest BCUT2D eigenvalue weighted by Gasteiger charge is -2.30. The first kappa shape index (κ1) is 18.8. The minimum Gasteiger partial charge on any atom is -0.494 e. The number of carbonyl (C=O) groups is 2. The standard InChI is InChI=1S/C21H24N2O4/c1-2-26-18-8-10-19(11-9-18)27-20(24)16-12-14-23(15-13-16)21(25)22-17-6-4-3-5-7-17/h3-11,16H,2,12-15H2,1H3,(H,22,25). The maximum Gasteiger partial charge on any atom is 0.321 e. The molecule has 1 aliphatic rings. The maximum atomic E-state index is 12.4. The van der Waals surface area contributed by atoms with Gasteiger partial charge in [-0.15, -0.1) is 0 Å². The summed E-state index contributed by atoms with van der Waals surface area (Å²) < 4.78 is 10.8. The Morgan fingerprint density at radius 2 is 1.63 bits per heavy atom. The second kappa shape index (κ2) is 9.07. The van der Waals surface area contributed by atoms with E-state index in [1.54, 1.807) is 29.2 Å². The number of piperidine rings is 1. The van der Waals surface area contributed by atoms with E-state index in [-0.39, 0.29) is 17.9 Å². The number of esters is 1. The van der Waals surface area contributed by atoms with Crippen LogP contribution in [-0.4, -0.2) is 36.6 Å². The fourth-order valence-corrected chi connectivity index (χ4v) is 3.01. The van der Waals surface area contributed by atoms with Crippen LogP contribution in [-0.2, 0) is 4.79 Å². The predicted molar refractivity (Wildman–Crippen MR) is 103 cm³/mol. The molecule has 1 fully saturated rings. The molecular weight excluding hydrogens is 344 g/mol. The van der Waals surface area contributed by atoms with E-state index in [0.717, 1.165) is 11.4 Å². The smallest absolute Gasteiger partial charge is 0.321 e. The van der Waals surface area contributed by atoms with Gasteiger partial charge in [-0.1, -0.05) is 18.2 Å². The molecule has 0 bridgehead atoms. The molecular formula is C21H24N2O4. The number of hydrogen-bond acceptors (Lipinski definition) is 4. The van der Waals surface area contributed by atoms with Gasteiger partial charge in [0, 0.05) is 18.8 Å². The highest BCUT2D eigenvalue weighted by atomic mass is 16.5. The van der Waals surface area contributed by atoms with Crippen molar-refractivity contribution in [1.29, 1.82) is 0 Å². The van der Waals surface area contributed by atoms with Crippen molar-refractivity contribution in [2.24, 2.45) is 5.92 Å². The van der Waals surface area contributed by atoms with Gasteiger partial charge >= 0.3 is 12.0 Å². The number of ether oxygens (including phenoxy) is 2. The lowest BCUT2D eigenvalue weighted by Crippen LogP contribution is -2.43. The molecule has 2 aromatic carbocycles. The molecule has 2 amide bonds. The molecule has 0 atom stereocenters. The SMILES string of the molecule is CCOc1ccc(OC(=O)C2CCN(C(=O)Nc3ccccc3)CC2)cc1. The van der Waals surface area contributed by atoms with E-state index in [0.29, 0.717) is 38.3 Å². The summed E-state index contributed by atoms with van der Waals surface area (Å²) >= 11 is 0. The van der Waals surface area contributed by atoms with Crippen LogP contribution in [0.15, 0.2) is 54.6 Å². The molecule has 0 radical (unpaired) electrons. The number of nitrogens with zero attached hydrogens (tertiary/aromatic N) is 1. The summed E-state index contributed by atoms with van der Waals surface area (Å²) in [5, 5.41) is 2.87. The van der Waals surface area contributed by atoms with Gasteiger partial charge in [0.25, 0.3) is 0 Å². The van der Waals surface area contributed by atoms with Crippen molar-refractivity contribution < 1.29 is 19.1 Å². The average molecular weight is 368 g/mol. The van der Waals surface area contributed by atoms with E-state index >= 15 is 0 Å². The number of anilines is 1. The zero-order valence-corrected chi connectivity index (χ0v) is 15.4. The number of para-hydroxylation sites is 1. The molecule has 0 saturated carbocycles. The van der Waals surface area contributed by atoms with Crippen LogP contribution < -0.4 is 14.8 Å². The number of amides is 2. The summed E-state index contributed by atoms with van der Waals surface area (Å²) in [6.07, 6.45) is 1.19. The van der Waals surface area contributed by atoms with Gasteiger partial charge in [0.05, 0.1) is 12.5 Å². The number of likely N-dealkylation sites (tertiary alicyclic amines) is 1. The van der Waals surface area contributed by atoms with E-state index in [4.69, 9.17) is 9.47 Å². The molecule has 6 nitrogen and oxygen atoms in total. The quantitative estimate of drug-likeness (QED) is 0.641. The first-order chi connectivity index (χ1) is 13.2. The summed E-state index contributed by atoms with van der Waals surface area (Å²) in [7, 11) is 0. The molecule has 0 unspecified atom stereocenters. The van der Waals surface area contributed by atoms with Gasteiger partial charge < -0.3 is 19.7 Å². The van der Waals surface area contributed by atoms with Crippen LogP contribution in [0.25, 0.3) is 0 Å². The van der Waals surface area contributed by atoms with Crippen molar-refractivity contribution in [1.82, 2.24) is 4.90 Å². The maximum absolute atomic E-state index is 12.4. The molecule has 142 valence electrons. The van der Waals surface area contributed by atoms with Gasteiger partial charge in [-0.05, 0) is 56.2 Å².